The number of aryl methyl sites for hydroxylation is 2. The molecule has 17 heavy (non-hydrogen) atoms. The first-order valence-corrected chi connectivity index (χ1v) is 6.01. The van der Waals surface area contributed by atoms with Crippen molar-refractivity contribution in [2.45, 2.75) is 32.7 Å². The molecule has 0 saturated heterocycles. The van der Waals surface area contributed by atoms with Gasteiger partial charge in [-0.15, -0.1) is 0 Å². The Morgan fingerprint density at radius 1 is 1.29 bits per heavy atom. The Bertz CT molecular complexity index is 473. The smallest absolute Gasteiger partial charge is 0.200 e. The van der Waals surface area contributed by atoms with Crippen molar-refractivity contribution < 1.29 is 0 Å². The van der Waals surface area contributed by atoms with Crippen molar-refractivity contribution in [3.63, 3.8) is 0 Å². The maximum absolute atomic E-state index is 5.82. The fraction of sp³-hybridized carbons (Fsp3) is 0.357. The SMILES string of the molecule is Cc1cn(CCC(C)c2ccccc2)c(N)n1. The van der Waals surface area contributed by atoms with Crippen molar-refractivity contribution in [1.82, 2.24) is 9.55 Å². The van der Waals surface area contributed by atoms with Gasteiger partial charge < -0.3 is 10.3 Å². The topological polar surface area (TPSA) is 43.8 Å². The van der Waals surface area contributed by atoms with Crippen molar-refractivity contribution in [1.29, 1.82) is 0 Å². The molecule has 2 N–H and O–H groups in total. The van der Waals surface area contributed by atoms with Crippen molar-refractivity contribution in [2.75, 3.05) is 5.73 Å². The van der Waals surface area contributed by atoms with Gasteiger partial charge in [-0.2, -0.15) is 0 Å². The molecule has 1 heterocycles. The summed E-state index contributed by atoms with van der Waals surface area (Å²) in [5.74, 6) is 1.15. The van der Waals surface area contributed by atoms with Gasteiger partial charge in [0.25, 0.3) is 0 Å². The zero-order chi connectivity index (χ0) is 12.3. The summed E-state index contributed by atoms with van der Waals surface area (Å²) < 4.78 is 2.02. The number of benzene rings is 1. The Hall–Kier alpha value is -1.77. The van der Waals surface area contributed by atoms with Crippen LogP contribution in [-0.2, 0) is 6.54 Å². The minimum atomic E-state index is 0.540. The van der Waals surface area contributed by atoms with Gasteiger partial charge in [-0.05, 0) is 24.8 Å². The lowest BCUT2D eigenvalue weighted by atomic mass is 9.98. The van der Waals surface area contributed by atoms with Crippen LogP contribution in [0.1, 0.15) is 30.5 Å². The monoisotopic (exact) mass is 229 g/mol. The van der Waals surface area contributed by atoms with Crippen molar-refractivity contribution in [3.05, 3.63) is 47.8 Å². The maximum atomic E-state index is 5.82. The van der Waals surface area contributed by atoms with Gasteiger partial charge in [0.1, 0.15) is 0 Å². The van der Waals surface area contributed by atoms with Crippen LogP contribution in [0.3, 0.4) is 0 Å². The van der Waals surface area contributed by atoms with Crippen molar-refractivity contribution in [3.8, 4) is 0 Å². The molecule has 0 radical (unpaired) electrons. The Balaban J connectivity index is 1.97. The Morgan fingerprint density at radius 2 is 2.00 bits per heavy atom. The molecule has 1 aromatic heterocycles. The van der Waals surface area contributed by atoms with Crippen LogP contribution in [0.15, 0.2) is 36.5 Å². The maximum Gasteiger partial charge on any atom is 0.200 e. The average Bonchev–Trinajstić information content (AvgIpc) is 2.66. The van der Waals surface area contributed by atoms with E-state index < -0.39 is 0 Å². The van der Waals surface area contributed by atoms with Crippen molar-refractivity contribution >= 4 is 5.95 Å². The van der Waals surface area contributed by atoms with E-state index in [-0.39, 0.29) is 0 Å². The standard InChI is InChI=1S/C14H19N3/c1-11(13-6-4-3-5-7-13)8-9-17-10-12(2)16-14(17)15/h3-7,10-11H,8-9H2,1-2H3,(H2,15,16). The fourth-order valence-corrected chi connectivity index (χ4v) is 2.03. The Kier molecular flexibility index (Phi) is 3.47. The molecule has 2 aromatic rings. The van der Waals surface area contributed by atoms with Gasteiger partial charge in [-0.1, -0.05) is 37.3 Å². The van der Waals surface area contributed by atoms with E-state index in [2.05, 4.69) is 36.2 Å². The van der Waals surface area contributed by atoms with Crippen LogP contribution in [-0.4, -0.2) is 9.55 Å². The van der Waals surface area contributed by atoms with E-state index in [0.717, 1.165) is 18.7 Å². The second-order valence-corrected chi connectivity index (χ2v) is 4.53. The van der Waals surface area contributed by atoms with E-state index in [0.29, 0.717) is 11.9 Å². The number of hydrogen-bond acceptors (Lipinski definition) is 2. The highest BCUT2D eigenvalue weighted by molar-refractivity contribution is 5.22. The number of imidazole rings is 1. The summed E-state index contributed by atoms with van der Waals surface area (Å²) >= 11 is 0. The molecule has 0 fully saturated rings. The summed E-state index contributed by atoms with van der Waals surface area (Å²) in [6.07, 6.45) is 3.08. The lowest BCUT2D eigenvalue weighted by Gasteiger charge is -2.12. The minimum Gasteiger partial charge on any atom is -0.369 e. The van der Waals surface area contributed by atoms with E-state index in [1.165, 1.54) is 5.56 Å². The lowest BCUT2D eigenvalue weighted by molar-refractivity contribution is 0.581. The zero-order valence-corrected chi connectivity index (χ0v) is 10.4. The van der Waals surface area contributed by atoms with Gasteiger partial charge in [-0.3, -0.25) is 0 Å². The molecule has 0 amide bonds. The van der Waals surface area contributed by atoms with Gasteiger partial charge in [0, 0.05) is 12.7 Å². The quantitative estimate of drug-likeness (QED) is 0.876. The number of nitrogens with zero attached hydrogens (tertiary/aromatic N) is 2. The average molecular weight is 229 g/mol. The lowest BCUT2D eigenvalue weighted by Crippen LogP contribution is -2.05. The molecule has 0 saturated carbocycles. The van der Waals surface area contributed by atoms with Crippen LogP contribution in [0.2, 0.25) is 0 Å². The first-order valence-electron chi connectivity index (χ1n) is 6.01. The summed E-state index contributed by atoms with van der Waals surface area (Å²) in [7, 11) is 0. The van der Waals surface area contributed by atoms with E-state index in [9.17, 15) is 0 Å². The van der Waals surface area contributed by atoms with E-state index >= 15 is 0 Å². The highest BCUT2D eigenvalue weighted by Gasteiger charge is 2.07. The number of hydrogen-bond donors (Lipinski definition) is 1. The second-order valence-electron chi connectivity index (χ2n) is 4.53. The summed E-state index contributed by atoms with van der Waals surface area (Å²) in [5, 5.41) is 0. The zero-order valence-electron chi connectivity index (χ0n) is 10.4. The van der Waals surface area contributed by atoms with Crippen LogP contribution >= 0.6 is 0 Å². The molecule has 2 rings (SSSR count). The van der Waals surface area contributed by atoms with Crippen LogP contribution in [0.4, 0.5) is 5.95 Å². The molecule has 0 spiro atoms. The molecule has 0 aliphatic carbocycles. The molecule has 3 heteroatoms. The summed E-state index contributed by atoms with van der Waals surface area (Å²) in [6, 6.07) is 10.6. The molecule has 1 unspecified atom stereocenters. The van der Waals surface area contributed by atoms with Gasteiger partial charge in [0.2, 0.25) is 0 Å². The van der Waals surface area contributed by atoms with Crippen LogP contribution in [0.25, 0.3) is 0 Å². The molecule has 1 atom stereocenters. The van der Waals surface area contributed by atoms with Crippen LogP contribution in [0.5, 0.6) is 0 Å². The number of nitrogen functional groups attached to an aromatic ring is 1. The third kappa shape index (κ3) is 2.87. The van der Waals surface area contributed by atoms with Gasteiger partial charge in [-0.25, -0.2) is 4.98 Å². The largest absolute Gasteiger partial charge is 0.369 e. The number of nitrogens with two attached hydrogens (primary N) is 1. The van der Waals surface area contributed by atoms with E-state index in [4.69, 9.17) is 5.73 Å². The van der Waals surface area contributed by atoms with Crippen molar-refractivity contribution in [2.24, 2.45) is 0 Å². The normalized spacial score (nSPS) is 12.6. The number of anilines is 1. The molecule has 3 nitrogen and oxygen atoms in total. The minimum absolute atomic E-state index is 0.540. The molecule has 0 aliphatic heterocycles. The second kappa shape index (κ2) is 5.04. The van der Waals surface area contributed by atoms with Gasteiger partial charge >= 0.3 is 0 Å². The highest BCUT2D eigenvalue weighted by Crippen LogP contribution is 2.20. The fourth-order valence-electron chi connectivity index (χ4n) is 2.03. The highest BCUT2D eigenvalue weighted by atomic mass is 15.1. The third-order valence-corrected chi connectivity index (χ3v) is 3.10. The van der Waals surface area contributed by atoms with Crippen LogP contribution in [0, 0.1) is 6.92 Å². The first-order chi connectivity index (χ1) is 8.16. The van der Waals surface area contributed by atoms with Crippen LogP contribution < -0.4 is 5.73 Å². The number of aromatic nitrogens is 2. The number of rotatable bonds is 4. The molecular formula is C14H19N3. The predicted octanol–water partition coefficient (Wildman–Crippen LogP) is 2.97. The predicted molar refractivity (Wildman–Crippen MR) is 70.9 cm³/mol. The van der Waals surface area contributed by atoms with Gasteiger partial charge in [0.15, 0.2) is 5.95 Å². The summed E-state index contributed by atoms with van der Waals surface area (Å²) in [5.41, 5.74) is 8.18. The molecule has 1 aromatic carbocycles. The summed E-state index contributed by atoms with van der Waals surface area (Å²) in [4.78, 5) is 4.20. The Morgan fingerprint density at radius 3 is 2.59 bits per heavy atom. The molecule has 90 valence electrons. The Labute approximate surface area is 102 Å². The summed E-state index contributed by atoms with van der Waals surface area (Å²) in [6.45, 7) is 5.13. The third-order valence-electron chi connectivity index (χ3n) is 3.10. The molecular weight excluding hydrogens is 210 g/mol. The molecule has 0 bridgehead atoms. The van der Waals surface area contributed by atoms with E-state index in [1.54, 1.807) is 0 Å². The molecule has 0 aliphatic rings. The van der Waals surface area contributed by atoms with E-state index in [1.807, 2.05) is 23.8 Å². The van der Waals surface area contributed by atoms with Gasteiger partial charge in [0.05, 0.1) is 5.69 Å². The first kappa shape index (κ1) is 11.7.